The first kappa shape index (κ1) is 21.4. The lowest BCUT2D eigenvalue weighted by molar-refractivity contribution is -0.138. The van der Waals surface area contributed by atoms with E-state index in [0.717, 1.165) is 21.1 Å². The van der Waals surface area contributed by atoms with Gasteiger partial charge in [-0.15, -0.1) is 22.7 Å². The molecule has 4 aromatic rings. The lowest BCUT2D eigenvalue weighted by Crippen LogP contribution is -2.42. The van der Waals surface area contributed by atoms with Gasteiger partial charge in [0, 0.05) is 4.88 Å². The van der Waals surface area contributed by atoms with E-state index in [0.29, 0.717) is 16.3 Å². The number of sulfonamides is 1. The van der Waals surface area contributed by atoms with Crippen LogP contribution in [-0.4, -0.2) is 35.7 Å². The fourth-order valence-corrected chi connectivity index (χ4v) is 6.06. The highest BCUT2D eigenvalue weighted by molar-refractivity contribution is 7.91. The van der Waals surface area contributed by atoms with Crippen molar-refractivity contribution in [1.29, 1.82) is 0 Å². The summed E-state index contributed by atoms with van der Waals surface area (Å²) in [5, 5.41) is 13.4. The fourth-order valence-electron chi connectivity index (χ4n) is 2.83. The number of nitrogens with one attached hydrogen (secondary N) is 1. The van der Waals surface area contributed by atoms with Crippen molar-refractivity contribution in [3.63, 3.8) is 0 Å². The molecule has 3 aromatic heterocycles. The molecule has 1 aromatic carbocycles. The molecule has 0 aliphatic carbocycles. The predicted octanol–water partition coefficient (Wildman–Crippen LogP) is 3.81. The van der Waals surface area contributed by atoms with Crippen LogP contribution in [0.15, 0.2) is 63.3 Å². The number of benzene rings is 1. The molecule has 3 heterocycles. The molecular weight excluding hydrogens is 458 g/mol. The number of carbonyl (C=O) groups is 1. The summed E-state index contributed by atoms with van der Waals surface area (Å²) in [5.41, 5.74) is 0.715. The summed E-state index contributed by atoms with van der Waals surface area (Å²) >= 11 is 2.46. The third-order valence-electron chi connectivity index (χ3n) is 4.32. The van der Waals surface area contributed by atoms with Gasteiger partial charge in [0.1, 0.15) is 10.3 Å². The molecule has 160 valence electrons. The first-order chi connectivity index (χ1) is 14.8. The van der Waals surface area contributed by atoms with Gasteiger partial charge in [-0.1, -0.05) is 35.5 Å². The summed E-state index contributed by atoms with van der Waals surface area (Å²) in [6, 6.07) is 14.3. The van der Waals surface area contributed by atoms with Gasteiger partial charge in [-0.25, -0.2) is 8.42 Å². The first-order valence-corrected chi connectivity index (χ1v) is 12.2. The summed E-state index contributed by atoms with van der Waals surface area (Å²) in [5.74, 6) is -0.623. The topological polar surface area (TPSA) is 122 Å². The third kappa shape index (κ3) is 4.90. The minimum Gasteiger partial charge on any atom is -0.480 e. The van der Waals surface area contributed by atoms with Crippen molar-refractivity contribution < 1.29 is 22.8 Å². The number of nitrogens with zero attached hydrogens (tertiary/aromatic N) is 2. The van der Waals surface area contributed by atoms with Gasteiger partial charge in [0.2, 0.25) is 5.82 Å². The number of rotatable bonds is 8. The van der Waals surface area contributed by atoms with E-state index < -0.39 is 22.0 Å². The Morgan fingerprint density at radius 2 is 1.84 bits per heavy atom. The number of aliphatic carboxylic acids is 1. The molecule has 0 spiro atoms. The summed E-state index contributed by atoms with van der Waals surface area (Å²) in [6.07, 6.45) is 0.0298. The Morgan fingerprint density at radius 3 is 2.52 bits per heavy atom. The van der Waals surface area contributed by atoms with E-state index in [4.69, 9.17) is 4.52 Å². The maximum absolute atomic E-state index is 12.8. The number of thiophene rings is 2. The molecule has 0 radical (unpaired) electrons. The number of aromatic nitrogens is 2. The number of carboxylic acids is 1. The van der Waals surface area contributed by atoms with E-state index in [-0.39, 0.29) is 16.5 Å². The second-order valence-electron chi connectivity index (χ2n) is 6.65. The van der Waals surface area contributed by atoms with Crippen LogP contribution in [0.25, 0.3) is 21.5 Å². The minimum atomic E-state index is -4.05. The number of hydrogen-bond donors (Lipinski definition) is 2. The van der Waals surface area contributed by atoms with E-state index in [9.17, 15) is 18.3 Å². The zero-order valence-electron chi connectivity index (χ0n) is 16.2. The molecule has 0 aliphatic rings. The van der Waals surface area contributed by atoms with Gasteiger partial charge in [0.05, 0.1) is 9.75 Å². The molecule has 8 nitrogen and oxygen atoms in total. The molecule has 0 aliphatic heterocycles. The molecule has 1 atom stereocenters. The van der Waals surface area contributed by atoms with E-state index in [1.807, 2.05) is 19.1 Å². The van der Waals surface area contributed by atoms with E-state index in [2.05, 4.69) is 14.9 Å². The number of carboxylic acid groups (broad SMARTS) is 1. The summed E-state index contributed by atoms with van der Waals surface area (Å²) in [7, 11) is -4.05. The lowest BCUT2D eigenvalue weighted by Gasteiger charge is -2.14. The standard InChI is InChI=1S/C20H17N3O5S3/c1-12-7-8-16(29-12)19-21-18(22-28-19)15-9-10-17(30-15)31(26,27)23-14(20(24)25)11-13-5-3-2-4-6-13/h2-10,14,23H,11H2,1H3,(H,24,25)/t14-/m1/s1. The van der Waals surface area contributed by atoms with Crippen molar-refractivity contribution in [2.75, 3.05) is 0 Å². The number of hydrogen-bond acceptors (Lipinski definition) is 8. The Balaban J connectivity index is 1.53. The van der Waals surface area contributed by atoms with Crippen LogP contribution in [0, 0.1) is 6.92 Å². The van der Waals surface area contributed by atoms with Crippen LogP contribution in [0.1, 0.15) is 10.4 Å². The van der Waals surface area contributed by atoms with Gasteiger partial charge in [0.25, 0.3) is 15.9 Å². The van der Waals surface area contributed by atoms with Gasteiger partial charge < -0.3 is 9.63 Å². The van der Waals surface area contributed by atoms with Crippen LogP contribution < -0.4 is 4.72 Å². The fraction of sp³-hybridized carbons (Fsp3) is 0.150. The average molecular weight is 476 g/mol. The molecule has 0 saturated carbocycles. The van der Waals surface area contributed by atoms with Crippen LogP contribution in [0.4, 0.5) is 0 Å². The average Bonchev–Trinajstić information content (AvgIpc) is 3.48. The Hall–Kier alpha value is -2.86. The van der Waals surface area contributed by atoms with E-state index >= 15 is 0 Å². The van der Waals surface area contributed by atoms with Crippen LogP contribution >= 0.6 is 22.7 Å². The molecule has 31 heavy (non-hydrogen) atoms. The van der Waals surface area contributed by atoms with E-state index in [1.54, 1.807) is 36.4 Å². The smallest absolute Gasteiger partial charge is 0.322 e. The zero-order valence-corrected chi connectivity index (χ0v) is 18.6. The summed E-state index contributed by atoms with van der Waals surface area (Å²) in [4.78, 5) is 18.4. The van der Waals surface area contributed by atoms with Crippen LogP contribution in [0.2, 0.25) is 0 Å². The lowest BCUT2D eigenvalue weighted by atomic mass is 10.1. The van der Waals surface area contributed by atoms with Gasteiger partial charge in [-0.05, 0) is 43.2 Å². The highest BCUT2D eigenvalue weighted by atomic mass is 32.2. The third-order valence-corrected chi connectivity index (χ3v) is 8.36. The molecule has 0 fully saturated rings. The second kappa shape index (κ2) is 8.71. The maximum Gasteiger partial charge on any atom is 0.322 e. The van der Waals surface area contributed by atoms with Gasteiger partial charge in [-0.3, -0.25) is 4.79 Å². The molecule has 0 saturated heterocycles. The minimum absolute atomic E-state index is 0.0277. The molecule has 11 heteroatoms. The molecule has 0 bridgehead atoms. The first-order valence-electron chi connectivity index (χ1n) is 9.11. The van der Waals surface area contributed by atoms with Crippen LogP contribution in [0.5, 0.6) is 0 Å². The monoisotopic (exact) mass is 475 g/mol. The largest absolute Gasteiger partial charge is 0.480 e. The van der Waals surface area contributed by atoms with Crippen molar-refractivity contribution in [2.45, 2.75) is 23.6 Å². The van der Waals surface area contributed by atoms with Gasteiger partial charge >= 0.3 is 5.97 Å². The van der Waals surface area contributed by atoms with Gasteiger partial charge in [-0.2, -0.15) is 9.71 Å². The normalized spacial score (nSPS) is 12.7. The van der Waals surface area contributed by atoms with Crippen LogP contribution in [0.3, 0.4) is 0 Å². The Morgan fingerprint density at radius 1 is 1.10 bits per heavy atom. The Kier molecular flexibility index (Phi) is 6.01. The van der Waals surface area contributed by atoms with Crippen molar-refractivity contribution >= 4 is 38.7 Å². The predicted molar refractivity (Wildman–Crippen MR) is 118 cm³/mol. The highest BCUT2D eigenvalue weighted by Crippen LogP contribution is 2.32. The quantitative estimate of drug-likeness (QED) is 0.397. The van der Waals surface area contributed by atoms with Gasteiger partial charge in [0.15, 0.2) is 0 Å². The van der Waals surface area contributed by atoms with Crippen molar-refractivity contribution in [3.05, 3.63) is 65.0 Å². The Bertz CT molecular complexity index is 1310. The summed E-state index contributed by atoms with van der Waals surface area (Å²) in [6.45, 7) is 1.97. The highest BCUT2D eigenvalue weighted by Gasteiger charge is 2.27. The molecule has 4 rings (SSSR count). The van der Waals surface area contributed by atoms with Crippen molar-refractivity contribution in [3.8, 4) is 21.5 Å². The van der Waals surface area contributed by atoms with E-state index in [1.165, 1.54) is 17.4 Å². The molecule has 2 N–H and O–H groups in total. The molecule has 0 unspecified atom stereocenters. The summed E-state index contributed by atoms with van der Waals surface area (Å²) < 4.78 is 33.1. The van der Waals surface area contributed by atoms with Crippen molar-refractivity contribution in [1.82, 2.24) is 14.9 Å². The Labute approximate surface area is 186 Å². The van der Waals surface area contributed by atoms with Crippen molar-refractivity contribution in [2.24, 2.45) is 0 Å². The maximum atomic E-state index is 12.8. The number of aryl methyl sites for hydroxylation is 1. The molecule has 0 amide bonds. The SMILES string of the molecule is Cc1ccc(-c2nc(-c3ccc(S(=O)(=O)N[C@H](Cc4ccccc4)C(=O)O)s3)no2)s1. The zero-order chi connectivity index (χ0) is 22.0. The van der Waals surface area contributed by atoms with Crippen LogP contribution in [-0.2, 0) is 21.2 Å². The second-order valence-corrected chi connectivity index (χ2v) is 11.0. The molecular formula is C20H17N3O5S3.